The summed E-state index contributed by atoms with van der Waals surface area (Å²) in [7, 11) is 2.10. The zero-order valence-corrected chi connectivity index (χ0v) is 27.4. The first-order valence-corrected chi connectivity index (χ1v) is 16.6. The molecule has 0 N–H and O–H groups in total. The molecule has 11 nitrogen and oxygen atoms in total. The maximum Gasteiger partial charge on any atom is 0.318 e. The van der Waals surface area contributed by atoms with E-state index in [1.54, 1.807) is 0 Å². The van der Waals surface area contributed by atoms with Crippen LogP contribution in [0.25, 0.3) is 16.8 Å². The number of halogens is 2. The number of hydrogen-bond donors (Lipinski definition) is 0. The van der Waals surface area contributed by atoms with Gasteiger partial charge in [-0.3, -0.25) is 4.79 Å². The second kappa shape index (κ2) is 13.8. The van der Waals surface area contributed by atoms with E-state index in [1.165, 1.54) is 17.2 Å². The van der Waals surface area contributed by atoms with Crippen LogP contribution in [0.1, 0.15) is 36.2 Å². The Hall–Kier alpha value is -4.73. The largest absolute Gasteiger partial charge is 0.462 e. The first-order valence-electron chi connectivity index (χ1n) is 16.2. The zero-order chi connectivity index (χ0) is 33.2. The summed E-state index contributed by atoms with van der Waals surface area (Å²) in [6, 6.07) is 15.8. The van der Waals surface area contributed by atoms with Crippen molar-refractivity contribution in [3.05, 3.63) is 76.5 Å². The number of likely N-dealkylation sites (N-methyl/N-ethyl adjacent to an activating group) is 1. The van der Waals surface area contributed by atoms with Crippen LogP contribution in [0.5, 0.6) is 6.01 Å². The lowest BCUT2D eigenvalue weighted by Crippen LogP contribution is -2.56. The number of piperazine rings is 1. The highest BCUT2D eigenvalue weighted by atomic mass is 35.5. The van der Waals surface area contributed by atoms with E-state index >= 15 is 4.39 Å². The van der Waals surface area contributed by atoms with Crippen LogP contribution >= 0.6 is 11.6 Å². The van der Waals surface area contributed by atoms with Gasteiger partial charge in [0.25, 0.3) is 5.91 Å². The molecule has 0 bridgehead atoms. The molecule has 1 amide bonds. The van der Waals surface area contributed by atoms with Crippen molar-refractivity contribution >= 4 is 45.9 Å². The molecule has 0 unspecified atom stereocenters. The first-order chi connectivity index (χ1) is 23.4. The van der Waals surface area contributed by atoms with Gasteiger partial charge in [0.05, 0.1) is 35.8 Å². The van der Waals surface area contributed by atoms with Crippen LogP contribution in [0.15, 0.2) is 59.1 Å². The highest BCUT2D eigenvalue weighted by molar-refractivity contribution is 6.36. The van der Waals surface area contributed by atoms with Gasteiger partial charge in [0.2, 0.25) is 0 Å². The highest BCUT2D eigenvalue weighted by Crippen LogP contribution is 2.37. The third-order valence-electron chi connectivity index (χ3n) is 9.58. The molecule has 3 aliphatic rings. The third-order valence-corrected chi connectivity index (χ3v) is 9.89. The van der Waals surface area contributed by atoms with Crippen molar-refractivity contribution in [2.24, 2.45) is 0 Å². The molecular weight excluding hydrogens is 635 g/mol. The highest BCUT2D eigenvalue weighted by Gasteiger charge is 2.35. The quantitative estimate of drug-likeness (QED) is 0.230. The van der Waals surface area contributed by atoms with Gasteiger partial charge in [0.15, 0.2) is 5.83 Å². The molecular formula is C35H36ClFN8O3. The minimum Gasteiger partial charge on any atom is -0.462 e. The number of carbonyl (C=O) groups is 1. The molecule has 3 aliphatic heterocycles. The Morgan fingerprint density at radius 1 is 1.12 bits per heavy atom. The third kappa shape index (κ3) is 6.40. The summed E-state index contributed by atoms with van der Waals surface area (Å²) in [6.07, 6.45) is 5.25. The Morgan fingerprint density at radius 2 is 1.98 bits per heavy atom. The molecule has 2 saturated heterocycles. The summed E-state index contributed by atoms with van der Waals surface area (Å²) in [5.74, 6) is -1.00. The molecule has 0 radical (unpaired) electrons. The lowest BCUT2D eigenvalue weighted by atomic mass is 10.0. The number of ether oxygens (including phenoxy) is 1. The lowest BCUT2D eigenvalue weighted by molar-refractivity contribution is -0.131. The van der Waals surface area contributed by atoms with E-state index in [4.69, 9.17) is 30.8 Å². The molecule has 5 heterocycles. The van der Waals surface area contributed by atoms with Gasteiger partial charge in [-0.15, -0.1) is 0 Å². The number of benzene rings is 2. The van der Waals surface area contributed by atoms with Gasteiger partial charge in [-0.1, -0.05) is 41.0 Å². The molecule has 2 aromatic carbocycles. The fourth-order valence-corrected chi connectivity index (χ4v) is 7.32. The van der Waals surface area contributed by atoms with Gasteiger partial charge in [0.1, 0.15) is 24.4 Å². The van der Waals surface area contributed by atoms with Gasteiger partial charge in [0, 0.05) is 61.0 Å². The summed E-state index contributed by atoms with van der Waals surface area (Å²) in [6.45, 7) is 3.70. The van der Waals surface area contributed by atoms with Gasteiger partial charge >= 0.3 is 6.01 Å². The second-order valence-corrected chi connectivity index (χ2v) is 12.9. The number of hydrogen-bond acceptors (Lipinski definition) is 10. The summed E-state index contributed by atoms with van der Waals surface area (Å²) in [5, 5.41) is 16.1. The number of amides is 1. The monoisotopic (exact) mass is 670 g/mol. The van der Waals surface area contributed by atoms with Gasteiger partial charge < -0.3 is 28.9 Å². The van der Waals surface area contributed by atoms with E-state index in [1.807, 2.05) is 18.2 Å². The molecule has 248 valence electrons. The number of anilines is 2. The normalized spacial score (nSPS) is 20.2. The van der Waals surface area contributed by atoms with E-state index < -0.39 is 17.8 Å². The molecule has 0 spiro atoms. The Morgan fingerprint density at radius 3 is 2.75 bits per heavy atom. The number of carbonyl (C=O) groups excluding carboxylic acids is 1. The second-order valence-electron chi connectivity index (χ2n) is 12.5. The molecule has 4 aromatic rings. The van der Waals surface area contributed by atoms with Gasteiger partial charge in [-0.25, -0.2) is 4.39 Å². The molecule has 2 aromatic heterocycles. The number of nitriles is 1. The van der Waals surface area contributed by atoms with Gasteiger partial charge in [-0.2, -0.15) is 15.2 Å². The number of likely N-dealkylation sites (tertiary alicyclic amines) is 1. The van der Waals surface area contributed by atoms with E-state index in [2.05, 4.69) is 51.2 Å². The maximum atomic E-state index is 15.0. The Kier molecular flexibility index (Phi) is 9.15. The van der Waals surface area contributed by atoms with E-state index in [0.29, 0.717) is 43.7 Å². The van der Waals surface area contributed by atoms with Crippen LogP contribution in [0.4, 0.5) is 15.9 Å². The van der Waals surface area contributed by atoms with Crippen LogP contribution in [0.2, 0.25) is 5.02 Å². The standard InChI is InChI=1S/C35H36ClFN8O3/c1-42-14-4-7-26(42)22-47-35-39-30-21-43(31-9-3-6-23-5-2-8-28(36)32(23)31)15-11-27(30)33(40-35)44-16-17-45(25(20-44)10-13-38)34(46)29(37)19-24-12-18-48-41-24/h2-3,5-6,8-9,12,18-19,25-26H,4,7,10-11,14-17,20-22H2,1H3/b29-19-/t25-,26-/m0/s1. The van der Waals surface area contributed by atoms with Crippen molar-refractivity contribution in [3.8, 4) is 12.1 Å². The average Bonchev–Trinajstić information content (AvgIpc) is 3.77. The number of fused-ring (bicyclic) bond motifs is 2. The van der Waals surface area contributed by atoms with Crippen LogP contribution in [0, 0.1) is 11.3 Å². The van der Waals surface area contributed by atoms with Crippen LogP contribution in [-0.2, 0) is 17.8 Å². The van der Waals surface area contributed by atoms with Crippen molar-refractivity contribution < 1.29 is 18.4 Å². The van der Waals surface area contributed by atoms with Crippen molar-refractivity contribution in [3.63, 3.8) is 0 Å². The van der Waals surface area contributed by atoms with Crippen molar-refractivity contribution in [1.29, 1.82) is 5.26 Å². The van der Waals surface area contributed by atoms with Crippen LogP contribution in [0.3, 0.4) is 0 Å². The predicted octanol–water partition coefficient (Wildman–Crippen LogP) is 5.25. The number of aromatic nitrogens is 3. The summed E-state index contributed by atoms with van der Waals surface area (Å²) >= 11 is 6.71. The Labute approximate surface area is 283 Å². The minimum atomic E-state index is -0.957. The zero-order valence-electron chi connectivity index (χ0n) is 26.7. The SMILES string of the molecule is CN1CCC[C@H]1COc1nc2c(c(N3CCN(C(=O)/C(F)=C/c4ccon4)[C@@H](CC#N)C3)n1)CCN(c1cccc3cccc(Cl)c13)C2. The molecule has 13 heteroatoms. The summed E-state index contributed by atoms with van der Waals surface area (Å²) < 4.78 is 26.1. The van der Waals surface area contributed by atoms with E-state index in [9.17, 15) is 10.1 Å². The van der Waals surface area contributed by atoms with Crippen molar-refractivity contribution in [2.45, 2.75) is 44.3 Å². The maximum absolute atomic E-state index is 15.0. The topological polar surface area (TPSA) is 115 Å². The smallest absolute Gasteiger partial charge is 0.318 e. The van der Waals surface area contributed by atoms with Crippen LogP contribution in [-0.4, -0.2) is 89.3 Å². The van der Waals surface area contributed by atoms with Crippen LogP contribution < -0.4 is 14.5 Å². The molecule has 48 heavy (non-hydrogen) atoms. The molecule has 0 saturated carbocycles. The summed E-state index contributed by atoms with van der Waals surface area (Å²) in [5.41, 5.74) is 3.12. The molecule has 2 atom stereocenters. The van der Waals surface area contributed by atoms with Crippen molar-refractivity contribution in [2.75, 3.05) is 56.2 Å². The Balaban J connectivity index is 1.19. The van der Waals surface area contributed by atoms with E-state index in [-0.39, 0.29) is 24.7 Å². The molecule has 7 rings (SSSR count). The average molecular weight is 671 g/mol. The Bertz CT molecular complexity index is 1870. The number of nitrogens with zero attached hydrogens (tertiary/aromatic N) is 8. The molecule has 2 fully saturated rings. The lowest BCUT2D eigenvalue weighted by Gasteiger charge is -2.42. The predicted molar refractivity (Wildman–Crippen MR) is 180 cm³/mol. The summed E-state index contributed by atoms with van der Waals surface area (Å²) in [4.78, 5) is 31.2. The van der Waals surface area contributed by atoms with Gasteiger partial charge in [-0.05, 0) is 50.4 Å². The van der Waals surface area contributed by atoms with E-state index in [0.717, 1.165) is 65.5 Å². The molecule has 0 aliphatic carbocycles. The fourth-order valence-electron chi connectivity index (χ4n) is 7.04. The van der Waals surface area contributed by atoms with Crippen molar-refractivity contribution in [1.82, 2.24) is 24.9 Å². The number of rotatable bonds is 8. The fraction of sp³-hybridized carbons (Fsp3) is 0.400. The first kappa shape index (κ1) is 31.8. The minimum absolute atomic E-state index is 0.0414.